The van der Waals surface area contributed by atoms with Crippen molar-refractivity contribution in [1.29, 1.82) is 0 Å². The fraction of sp³-hybridized carbons (Fsp3) is 1.00. The first kappa shape index (κ1) is 10.1. The zero-order chi connectivity index (χ0) is 12.1. The van der Waals surface area contributed by atoms with Crippen molar-refractivity contribution in [2.75, 3.05) is 0 Å². The molecule has 0 aromatic carbocycles. The first-order chi connectivity index (χ1) is 9.22. The van der Waals surface area contributed by atoms with Gasteiger partial charge < -0.3 is 0 Å². The predicted molar refractivity (Wildman–Crippen MR) is 77.9 cm³/mol. The Labute approximate surface area is 121 Å². The Kier molecular flexibility index (Phi) is 1.37. The highest BCUT2D eigenvalue weighted by Crippen LogP contribution is 2.87. The molecule has 0 aromatic heterocycles. The van der Waals surface area contributed by atoms with Crippen LogP contribution in [-0.4, -0.2) is 4.75 Å². The van der Waals surface area contributed by atoms with E-state index < -0.39 is 0 Å². The SMILES string of the molecule is SC12C3CC4CC5C3CC3C6CC(CC31)CC2(C4)C56. The second kappa shape index (κ2) is 2.57. The quantitative estimate of drug-likeness (QED) is 0.633. The molecule has 11 bridgehead atoms. The van der Waals surface area contributed by atoms with Crippen LogP contribution in [0, 0.1) is 58.7 Å². The molecule has 0 N–H and O–H groups in total. The molecule has 10 saturated carbocycles. The van der Waals surface area contributed by atoms with Gasteiger partial charge in [-0.15, -0.1) is 0 Å². The van der Waals surface area contributed by atoms with Crippen molar-refractivity contribution < 1.29 is 0 Å². The molecule has 10 aliphatic carbocycles. The maximum absolute atomic E-state index is 5.61. The van der Waals surface area contributed by atoms with Crippen molar-refractivity contribution >= 4 is 12.6 Å². The summed E-state index contributed by atoms with van der Waals surface area (Å²) in [5.41, 5.74) is 0.747. The Hall–Kier alpha value is 0.350. The van der Waals surface area contributed by atoms with Gasteiger partial charge in [-0.3, -0.25) is 0 Å². The fourth-order valence-electron chi connectivity index (χ4n) is 10.3. The minimum absolute atomic E-state index is 0.520. The van der Waals surface area contributed by atoms with E-state index in [0.717, 1.165) is 46.8 Å². The van der Waals surface area contributed by atoms with E-state index in [4.69, 9.17) is 12.6 Å². The lowest BCUT2D eigenvalue weighted by atomic mass is 9.21. The third-order valence-electron chi connectivity index (χ3n) is 9.86. The van der Waals surface area contributed by atoms with Gasteiger partial charge in [0.05, 0.1) is 0 Å². The van der Waals surface area contributed by atoms with E-state index in [1.807, 2.05) is 0 Å². The molecule has 0 radical (unpaired) electrons. The van der Waals surface area contributed by atoms with E-state index in [0.29, 0.717) is 4.75 Å². The van der Waals surface area contributed by atoms with Gasteiger partial charge in [0.15, 0.2) is 0 Å². The Morgan fingerprint density at radius 3 is 1.84 bits per heavy atom. The highest BCUT2D eigenvalue weighted by molar-refractivity contribution is 7.82. The molecule has 0 aliphatic heterocycles. The van der Waals surface area contributed by atoms with Crippen molar-refractivity contribution in [2.24, 2.45) is 58.7 Å². The van der Waals surface area contributed by atoms with Gasteiger partial charge in [-0.1, -0.05) is 0 Å². The fourth-order valence-corrected chi connectivity index (χ4v) is 11.2. The summed E-state index contributed by atoms with van der Waals surface area (Å²) in [5.74, 6) is 10.1. The van der Waals surface area contributed by atoms with Gasteiger partial charge in [-0.2, -0.15) is 12.6 Å². The van der Waals surface area contributed by atoms with Gasteiger partial charge >= 0.3 is 0 Å². The molecule has 8 unspecified atom stereocenters. The summed E-state index contributed by atoms with van der Waals surface area (Å²) < 4.78 is 0.520. The van der Waals surface area contributed by atoms with Gasteiger partial charge in [0.1, 0.15) is 0 Å². The van der Waals surface area contributed by atoms with Crippen LogP contribution >= 0.6 is 12.6 Å². The van der Waals surface area contributed by atoms with Crippen LogP contribution in [0.1, 0.15) is 44.9 Å². The molecule has 0 nitrogen and oxygen atoms in total. The van der Waals surface area contributed by atoms with Crippen molar-refractivity contribution in [1.82, 2.24) is 0 Å². The molecule has 0 saturated heterocycles. The van der Waals surface area contributed by atoms with Crippen LogP contribution in [-0.2, 0) is 0 Å². The number of hydrogen-bond donors (Lipinski definition) is 1. The maximum Gasteiger partial charge on any atom is 0.0251 e. The summed E-state index contributed by atoms with van der Waals surface area (Å²) in [6.45, 7) is 0. The lowest BCUT2D eigenvalue weighted by Crippen LogP contribution is -2.83. The van der Waals surface area contributed by atoms with Crippen molar-refractivity contribution in [3.05, 3.63) is 0 Å². The second-order valence-electron chi connectivity index (χ2n) is 9.69. The second-order valence-corrected chi connectivity index (χ2v) is 10.4. The van der Waals surface area contributed by atoms with Gasteiger partial charge in [-0.05, 0) is 104 Å². The van der Waals surface area contributed by atoms with Crippen molar-refractivity contribution in [3.8, 4) is 0 Å². The molecule has 8 atom stereocenters. The lowest BCUT2D eigenvalue weighted by Gasteiger charge is -2.86. The van der Waals surface area contributed by atoms with E-state index in [2.05, 4.69) is 0 Å². The highest BCUT2D eigenvalue weighted by Gasteiger charge is 2.82. The zero-order valence-corrected chi connectivity index (χ0v) is 12.5. The molecule has 10 aliphatic rings. The van der Waals surface area contributed by atoms with E-state index in [1.165, 1.54) is 11.8 Å². The molecular weight excluding hydrogens is 248 g/mol. The summed E-state index contributed by atoms with van der Waals surface area (Å²) in [4.78, 5) is 0. The third kappa shape index (κ3) is 0.741. The largest absolute Gasteiger partial charge is 0.171 e. The normalized spacial score (nSPS) is 80.4. The lowest BCUT2D eigenvalue weighted by molar-refractivity contribution is -0.330. The average molecular weight is 272 g/mol. The standard InChI is InChI=1S/C18H24S/c19-18-14-3-8-1-12-10(14)5-11-13-2-9(4-15(11)18)7-17(18,6-8)16(12)13/h8-16,19H,1-7H2. The summed E-state index contributed by atoms with van der Waals surface area (Å²) in [6.07, 6.45) is 11.3. The number of rotatable bonds is 0. The number of thiol groups is 1. The van der Waals surface area contributed by atoms with E-state index in [1.54, 1.807) is 44.9 Å². The molecule has 0 aromatic rings. The Morgan fingerprint density at radius 1 is 0.684 bits per heavy atom. The van der Waals surface area contributed by atoms with Crippen molar-refractivity contribution in [2.45, 2.75) is 49.7 Å². The third-order valence-corrected chi connectivity index (χ3v) is 11.0. The Morgan fingerprint density at radius 2 is 1.26 bits per heavy atom. The summed E-state index contributed by atoms with van der Waals surface area (Å²) in [5, 5.41) is 0. The van der Waals surface area contributed by atoms with Gasteiger partial charge in [0.2, 0.25) is 0 Å². The molecule has 1 heteroatoms. The van der Waals surface area contributed by atoms with Gasteiger partial charge in [0.25, 0.3) is 0 Å². The summed E-state index contributed by atoms with van der Waals surface area (Å²) in [6, 6.07) is 0. The van der Waals surface area contributed by atoms with Gasteiger partial charge in [0, 0.05) is 4.75 Å². The van der Waals surface area contributed by atoms with Crippen LogP contribution in [0.15, 0.2) is 0 Å². The smallest absolute Gasteiger partial charge is 0.0251 e. The molecule has 10 fully saturated rings. The van der Waals surface area contributed by atoms with Crippen LogP contribution in [0.5, 0.6) is 0 Å². The molecule has 0 amide bonds. The molecule has 10 rings (SSSR count). The molecule has 1 spiro atoms. The van der Waals surface area contributed by atoms with E-state index >= 15 is 0 Å². The van der Waals surface area contributed by atoms with Crippen molar-refractivity contribution in [3.63, 3.8) is 0 Å². The zero-order valence-electron chi connectivity index (χ0n) is 11.6. The Bertz CT molecular complexity index is 474. The summed E-state index contributed by atoms with van der Waals surface area (Å²) >= 11 is 5.61. The van der Waals surface area contributed by atoms with E-state index in [9.17, 15) is 0 Å². The molecule has 0 heterocycles. The minimum Gasteiger partial charge on any atom is -0.171 e. The highest BCUT2D eigenvalue weighted by atomic mass is 32.1. The maximum atomic E-state index is 5.61. The Balaban J connectivity index is 1.59. The molecule has 102 valence electrons. The first-order valence-corrected chi connectivity index (χ1v) is 9.39. The average Bonchev–Trinajstić information content (AvgIpc) is 2.40. The molecule has 19 heavy (non-hydrogen) atoms. The number of hydrogen-bond acceptors (Lipinski definition) is 1. The van der Waals surface area contributed by atoms with Crippen LogP contribution < -0.4 is 0 Å². The van der Waals surface area contributed by atoms with Gasteiger partial charge in [-0.25, -0.2) is 0 Å². The topological polar surface area (TPSA) is 0 Å². The van der Waals surface area contributed by atoms with Crippen LogP contribution in [0.25, 0.3) is 0 Å². The monoisotopic (exact) mass is 272 g/mol. The van der Waals surface area contributed by atoms with Crippen LogP contribution in [0.2, 0.25) is 0 Å². The minimum atomic E-state index is 0.520. The van der Waals surface area contributed by atoms with E-state index in [-0.39, 0.29) is 0 Å². The summed E-state index contributed by atoms with van der Waals surface area (Å²) in [7, 11) is 0. The predicted octanol–water partition coefficient (Wildman–Crippen LogP) is 4.01. The molecular formula is C18H24S. The van der Waals surface area contributed by atoms with Crippen LogP contribution in [0.3, 0.4) is 0 Å². The van der Waals surface area contributed by atoms with Crippen LogP contribution in [0.4, 0.5) is 0 Å². The first-order valence-electron chi connectivity index (χ1n) is 8.95.